The minimum absolute atomic E-state index is 1.75. The molecular formula is C18H36N6O12. The first-order valence-corrected chi connectivity index (χ1v) is 9.69. The van der Waals surface area contributed by atoms with Gasteiger partial charge in [0.25, 0.3) is 0 Å². The Morgan fingerprint density at radius 1 is 0.306 bits per heavy atom. The standard InChI is InChI=1S/C12H6O12.6CH5N/c13-7(14)1-2(8(15)16)4(10(19)20)6(12(23)24)5(11(21)22)3(1)9(17)18;6*1-2/h(H,13,14)(H,15,16)(H,17,18)(H,19,20)(H,21,22)(H,23,24);6*2H2,1H3. The normalized spacial score (nSPS) is 7.67. The number of carboxylic acid groups (broad SMARTS) is 6. The Morgan fingerprint density at radius 3 is 0.389 bits per heavy atom. The molecule has 0 radical (unpaired) electrons. The van der Waals surface area contributed by atoms with Crippen molar-refractivity contribution < 1.29 is 93.8 Å². The average molecular weight is 529 g/mol. The monoisotopic (exact) mass is 528 g/mol. The molecule has 18 nitrogen and oxygen atoms in total. The van der Waals surface area contributed by atoms with Gasteiger partial charge in [0.05, 0.1) is 78.1 Å². The van der Waals surface area contributed by atoms with Crippen LogP contribution in [0.1, 0.15) is 62.1 Å². The molecule has 18 heteroatoms. The van der Waals surface area contributed by atoms with E-state index in [9.17, 15) is 59.4 Å². The third kappa shape index (κ3) is 12.9. The lowest BCUT2D eigenvalue weighted by atomic mass is 9.86. The van der Waals surface area contributed by atoms with Gasteiger partial charge in [0.15, 0.2) is 0 Å². The van der Waals surface area contributed by atoms with Gasteiger partial charge >= 0.3 is 0 Å². The fraction of sp³-hybridized carbons (Fsp3) is 0.333. The van der Waals surface area contributed by atoms with Crippen molar-refractivity contribution in [3.05, 3.63) is 33.4 Å². The lowest BCUT2D eigenvalue weighted by Gasteiger charge is -2.28. The molecule has 0 atom stereocenters. The van der Waals surface area contributed by atoms with Gasteiger partial charge in [-0.15, -0.1) is 0 Å². The molecule has 210 valence electrons. The predicted molar refractivity (Wildman–Crippen MR) is 105 cm³/mol. The molecule has 0 aliphatic rings. The molecule has 0 heterocycles. The number of hydrogen-bond donors (Lipinski definition) is 6. The zero-order chi connectivity index (χ0) is 30.9. The summed E-state index contributed by atoms with van der Waals surface area (Å²) in [6, 6.07) is 0. The van der Waals surface area contributed by atoms with Crippen LogP contribution in [0.3, 0.4) is 0 Å². The summed E-state index contributed by atoms with van der Waals surface area (Å²) in [6.07, 6.45) is 0. The molecule has 1 aromatic rings. The average Bonchev–Trinajstić information content (AvgIpc) is 2.88. The number of rotatable bonds is 6. The van der Waals surface area contributed by atoms with Crippen LogP contribution in [0.4, 0.5) is 0 Å². The minimum Gasteiger partial charge on any atom is -0.545 e. The summed E-state index contributed by atoms with van der Waals surface area (Å²) in [5.41, 5.74) is 7.49. The maximum atomic E-state index is 11.0. The van der Waals surface area contributed by atoms with Crippen LogP contribution in [0.15, 0.2) is 0 Å². The number of carbonyl (C=O) groups is 6. The highest BCUT2D eigenvalue weighted by Gasteiger charge is 2.27. The Morgan fingerprint density at radius 2 is 0.361 bits per heavy atom. The van der Waals surface area contributed by atoms with Gasteiger partial charge in [-0.1, -0.05) is 0 Å². The molecule has 0 spiro atoms. The van der Waals surface area contributed by atoms with Crippen LogP contribution in [0.2, 0.25) is 0 Å². The van der Waals surface area contributed by atoms with E-state index >= 15 is 0 Å². The van der Waals surface area contributed by atoms with Gasteiger partial charge in [-0.05, 0) is 0 Å². The molecule has 0 aliphatic carbocycles. The van der Waals surface area contributed by atoms with E-state index in [4.69, 9.17) is 0 Å². The Bertz CT molecular complexity index is 661. The number of hydrogen-bond acceptors (Lipinski definition) is 12. The SMILES string of the molecule is C[NH3+].C[NH3+].C[NH3+].C[NH3+].C[NH3+].C[NH3+].O=C([O-])c1c(C(=O)[O-])c(C(=O)[O-])c(C(=O)[O-])c(C(=O)[O-])c1C(=O)[O-]. The van der Waals surface area contributed by atoms with E-state index in [2.05, 4.69) is 34.4 Å². The molecule has 1 aromatic carbocycles. The van der Waals surface area contributed by atoms with Gasteiger partial charge < -0.3 is 93.8 Å². The van der Waals surface area contributed by atoms with Gasteiger partial charge in [0, 0.05) is 33.4 Å². The molecular weight excluding hydrogens is 492 g/mol. The highest BCUT2D eigenvalue weighted by atomic mass is 16.4. The van der Waals surface area contributed by atoms with Crippen molar-refractivity contribution in [2.45, 2.75) is 0 Å². The van der Waals surface area contributed by atoms with Crippen molar-refractivity contribution in [3.63, 3.8) is 0 Å². The van der Waals surface area contributed by atoms with E-state index < -0.39 is 69.2 Å². The van der Waals surface area contributed by atoms with Gasteiger partial charge in [0.1, 0.15) is 0 Å². The van der Waals surface area contributed by atoms with Crippen LogP contribution in [0.25, 0.3) is 0 Å². The van der Waals surface area contributed by atoms with Crippen LogP contribution in [-0.4, -0.2) is 78.1 Å². The lowest BCUT2D eigenvalue weighted by molar-refractivity contribution is -0.325. The molecule has 1 rings (SSSR count). The Kier molecular flexibility index (Phi) is 34.0. The number of carboxylic acids is 6. The third-order valence-electron chi connectivity index (χ3n) is 2.72. The molecule has 18 N–H and O–H groups in total. The summed E-state index contributed by atoms with van der Waals surface area (Å²) in [5, 5.41) is 66.0. The second-order valence-corrected chi connectivity index (χ2v) is 3.97. The first kappa shape index (κ1) is 45.3. The zero-order valence-electron chi connectivity index (χ0n) is 21.1. The third-order valence-corrected chi connectivity index (χ3v) is 2.72. The number of aromatic carboxylic acids is 6. The van der Waals surface area contributed by atoms with Crippen molar-refractivity contribution in [3.8, 4) is 0 Å². The maximum Gasteiger partial charge on any atom is 0.0729 e. The minimum atomic E-state index is -2.66. The Hall–Kier alpha value is -4.20. The van der Waals surface area contributed by atoms with Crippen molar-refractivity contribution in [1.29, 1.82) is 0 Å². The van der Waals surface area contributed by atoms with Crippen molar-refractivity contribution in [1.82, 2.24) is 0 Å². The molecule has 0 saturated heterocycles. The van der Waals surface area contributed by atoms with Gasteiger partial charge in [-0.2, -0.15) is 0 Å². The fourth-order valence-corrected chi connectivity index (χ4v) is 1.97. The van der Waals surface area contributed by atoms with E-state index in [0.717, 1.165) is 0 Å². The summed E-state index contributed by atoms with van der Waals surface area (Å²) in [4.78, 5) is 66.0. The molecule has 0 saturated carbocycles. The predicted octanol–water partition coefficient (Wildman–Crippen LogP) is -15.0. The molecule has 0 unspecified atom stereocenters. The fourth-order valence-electron chi connectivity index (χ4n) is 1.97. The summed E-state index contributed by atoms with van der Waals surface area (Å²) < 4.78 is 0. The highest BCUT2D eigenvalue weighted by molar-refractivity contribution is 6.21. The first-order valence-electron chi connectivity index (χ1n) is 9.69. The van der Waals surface area contributed by atoms with E-state index in [1.54, 1.807) is 42.3 Å². The molecule has 0 bridgehead atoms. The number of benzene rings is 1. The zero-order valence-corrected chi connectivity index (χ0v) is 21.1. The van der Waals surface area contributed by atoms with E-state index in [0.29, 0.717) is 0 Å². The van der Waals surface area contributed by atoms with Gasteiger partial charge in [-0.3, -0.25) is 0 Å². The van der Waals surface area contributed by atoms with Crippen molar-refractivity contribution in [2.75, 3.05) is 42.3 Å². The second kappa shape index (κ2) is 27.0. The van der Waals surface area contributed by atoms with Crippen molar-refractivity contribution >= 4 is 35.8 Å². The molecule has 0 aliphatic heterocycles. The van der Waals surface area contributed by atoms with Crippen LogP contribution < -0.4 is 65.0 Å². The summed E-state index contributed by atoms with van der Waals surface area (Å²) in [6.45, 7) is 0. The summed E-state index contributed by atoms with van der Waals surface area (Å²) in [5.74, 6) is -16.0. The molecule has 0 amide bonds. The second-order valence-electron chi connectivity index (χ2n) is 3.97. The summed E-state index contributed by atoms with van der Waals surface area (Å²) in [7, 11) is 10.5. The Labute approximate surface area is 206 Å². The number of carbonyl (C=O) groups excluding carboxylic acids is 6. The quantitative estimate of drug-likeness (QED) is 0.200. The first-order chi connectivity index (χ1) is 16.9. The van der Waals surface area contributed by atoms with Gasteiger partial charge in [-0.25, -0.2) is 0 Å². The van der Waals surface area contributed by atoms with E-state index in [-0.39, 0.29) is 0 Å². The van der Waals surface area contributed by atoms with Crippen molar-refractivity contribution in [2.24, 2.45) is 0 Å². The molecule has 0 aromatic heterocycles. The van der Waals surface area contributed by atoms with E-state index in [1.807, 2.05) is 0 Å². The largest absolute Gasteiger partial charge is 0.545 e. The smallest absolute Gasteiger partial charge is 0.0729 e. The topological polar surface area (TPSA) is 407 Å². The number of quaternary nitrogens is 6. The van der Waals surface area contributed by atoms with Crippen LogP contribution in [-0.2, 0) is 0 Å². The molecule has 0 fully saturated rings. The maximum absolute atomic E-state index is 11.0. The van der Waals surface area contributed by atoms with Gasteiger partial charge in [0.2, 0.25) is 0 Å². The van der Waals surface area contributed by atoms with Crippen LogP contribution >= 0.6 is 0 Å². The Balaban J connectivity index is -0.000000163. The highest BCUT2D eigenvalue weighted by Crippen LogP contribution is 2.27. The van der Waals surface area contributed by atoms with Crippen LogP contribution in [0.5, 0.6) is 0 Å². The molecule has 36 heavy (non-hydrogen) atoms. The van der Waals surface area contributed by atoms with E-state index in [1.165, 1.54) is 0 Å². The summed E-state index contributed by atoms with van der Waals surface area (Å²) >= 11 is 0. The lowest BCUT2D eigenvalue weighted by Crippen LogP contribution is -2.44. The van der Waals surface area contributed by atoms with Crippen LogP contribution in [0, 0.1) is 0 Å².